The van der Waals surface area contributed by atoms with Crippen LogP contribution in [0.4, 0.5) is 0 Å². The first-order valence-corrected chi connectivity index (χ1v) is 9.50. The lowest BCUT2D eigenvalue weighted by Crippen LogP contribution is -2.50. The fraction of sp³-hybridized carbons (Fsp3) is 0.417. The van der Waals surface area contributed by atoms with Gasteiger partial charge in [-0.15, -0.1) is 0 Å². The molecule has 0 aromatic heterocycles. The molecule has 1 aromatic carbocycles. The average Bonchev–Trinajstić information content (AvgIpc) is 2.46. The second-order valence-electron chi connectivity index (χ2n) is 4.67. The minimum absolute atomic E-state index is 0.0414. The van der Waals surface area contributed by atoms with Gasteiger partial charge in [0.1, 0.15) is 6.07 Å². The third-order valence-corrected chi connectivity index (χ3v) is 6.55. The van der Waals surface area contributed by atoms with E-state index in [0.29, 0.717) is 0 Å². The van der Waals surface area contributed by atoms with E-state index in [1.165, 1.54) is 20.7 Å². The highest BCUT2D eigenvalue weighted by atomic mass is 32.2. The number of sulfonamides is 2. The summed E-state index contributed by atoms with van der Waals surface area (Å²) in [5.41, 5.74) is 0.0862. The van der Waals surface area contributed by atoms with E-state index < -0.39 is 20.0 Å². The van der Waals surface area contributed by atoms with Crippen molar-refractivity contribution in [3.63, 3.8) is 0 Å². The van der Waals surface area contributed by atoms with Gasteiger partial charge in [0.25, 0.3) is 0 Å². The van der Waals surface area contributed by atoms with Crippen LogP contribution in [0.1, 0.15) is 5.56 Å². The zero-order chi connectivity index (χ0) is 15.7. The fourth-order valence-corrected chi connectivity index (χ4v) is 4.56. The van der Waals surface area contributed by atoms with E-state index in [1.807, 2.05) is 6.07 Å². The van der Waals surface area contributed by atoms with Crippen molar-refractivity contribution in [2.75, 3.05) is 32.4 Å². The van der Waals surface area contributed by atoms with Gasteiger partial charge in [-0.2, -0.15) is 13.9 Å². The minimum Gasteiger partial charge on any atom is -0.213 e. The summed E-state index contributed by atoms with van der Waals surface area (Å²) in [5, 5.41) is 9.01. The standard InChI is InChI=1S/C12H15N3O4S2/c1-20(16,17)14-6-8-15(9-7-14)21(18,19)12-5-3-2-4-11(12)10-13/h2-5H,6-9H2,1H3. The van der Waals surface area contributed by atoms with Crippen LogP contribution >= 0.6 is 0 Å². The molecule has 0 bridgehead atoms. The number of rotatable bonds is 3. The normalized spacial score (nSPS) is 18.3. The molecule has 0 unspecified atom stereocenters. The highest BCUT2D eigenvalue weighted by Gasteiger charge is 2.32. The molecule has 114 valence electrons. The number of hydrogen-bond donors (Lipinski definition) is 0. The highest BCUT2D eigenvalue weighted by Crippen LogP contribution is 2.21. The van der Waals surface area contributed by atoms with E-state index in [0.717, 1.165) is 6.26 Å². The van der Waals surface area contributed by atoms with Gasteiger partial charge in [-0.3, -0.25) is 0 Å². The van der Waals surface area contributed by atoms with Crippen LogP contribution < -0.4 is 0 Å². The molecular weight excluding hydrogens is 314 g/mol. The average molecular weight is 329 g/mol. The summed E-state index contributed by atoms with van der Waals surface area (Å²) < 4.78 is 50.4. The molecule has 1 fully saturated rings. The molecule has 1 saturated heterocycles. The molecule has 21 heavy (non-hydrogen) atoms. The molecular formula is C12H15N3O4S2. The number of piperazine rings is 1. The number of benzene rings is 1. The van der Waals surface area contributed by atoms with Crippen LogP contribution in [0, 0.1) is 11.3 Å². The lowest BCUT2D eigenvalue weighted by atomic mass is 10.2. The molecule has 0 saturated carbocycles. The molecule has 0 spiro atoms. The smallest absolute Gasteiger partial charge is 0.213 e. The molecule has 1 aliphatic rings. The van der Waals surface area contributed by atoms with E-state index in [9.17, 15) is 16.8 Å². The van der Waals surface area contributed by atoms with E-state index >= 15 is 0 Å². The van der Waals surface area contributed by atoms with E-state index in [4.69, 9.17) is 5.26 Å². The summed E-state index contributed by atoms with van der Waals surface area (Å²) in [7, 11) is -7.10. The van der Waals surface area contributed by atoms with Crippen molar-refractivity contribution >= 4 is 20.0 Å². The molecule has 0 aliphatic carbocycles. The van der Waals surface area contributed by atoms with Crippen LogP contribution in [-0.4, -0.2) is 57.9 Å². The first-order chi connectivity index (χ1) is 9.76. The Morgan fingerprint density at radius 2 is 1.52 bits per heavy atom. The van der Waals surface area contributed by atoms with Gasteiger partial charge in [0.05, 0.1) is 16.7 Å². The summed E-state index contributed by atoms with van der Waals surface area (Å²) in [6.45, 7) is 0.393. The second kappa shape index (κ2) is 5.73. The maximum atomic E-state index is 12.5. The van der Waals surface area contributed by atoms with Crippen molar-refractivity contribution in [1.82, 2.24) is 8.61 Å². The maximum Gasteiger partial charge on any atom is 0.244 e. The van der Waals surface area contributed by atoms with Gasteiger partial charge in [-0.1, -0.05) is 12.1 Å². The lowest BCUT2D eigenvalue weighted by Gasteiger charge is -2.32. The third kappa shape index (κ3) is 3.24. The van der Waals surface area contributed by atoms with E-state index in [1.54, 1.807) is 12.1 Å². The van der Waals surface area contributed by atoms with Crippen LogP contribution in [0.3, 0.4) is 0 Å². The maximum absolute atomic E-state index is 12.5. The lowest BCUT2D eigenvalue weighted by molar-refractivity contribution is 0.274. The number of nitriles is 1. The Bertz CT molecular complexity index is 773. The predicted octanol–water partition coefficient (Wildman–Crippen LogP) is -0.176. The topological polar surface area (TPSA) is 98.6 Å². The molecule has 1 aliphatic heterocycles. The Balaban J connectivity index is 2.26. The molecule has 0 amide bonds. The van der Waals surface area contributed by atoms with E-state index in [2.05, 4.69) is 0 Å². The Labute approximate surface area is 124 Å². The van der Waals surface area contributed by atoms with Gasteiger partial charge in [0, 0.05) is 26.2 Å². The van der Waals surface area contributed by atoms with Gasteiger partial charge < -0.3 is 0 Å². The van der Waals surface area contributed by atoms with Crippen LogP contribution in [0.25, 0.3) is 0 Å². The zero-order valence-electron chi connectivity index (χ0n) is 11.4. The molecule has 0 atom stereocenters. The SMILES string of the molecule is CS(=O)(=O)N1CCN(S(=O)(=O)c2ccccc2C#N)CC1. The summed E-state index contributed by atoms with van der Waals surface area (Å²) in [6.07, 6.45) is 1.10. The van der Waals surface area contributed by atoms with E-state index in [-0.39, 0.29) is 36.6 Å². The van der Waals surface area contributed by atoms with Crippen molar-refractivity contribution in [3.05, 3.63) is 29.8 Å². The first kappa shape index (κ1) is 15.9. The van der Waals surface area contributed by atoms with Crippen molar-refractivity contribution < 1.29 is 16.8 Å². The summed E-state index contributed by atoms with van der Waals surface area (Å²) >= 11 is 0. The van der Waals surface area contributed by atoms with Crippen LogP contribution in [0.2, 0.25) is 0 Å². The molecule has 7 nitrogen and oxygen atoms in total. The van der Waals surface area contributed by atoms with Crippen molar-refractivity contribution in [1.29, 1.82) is 5.26 Å². The largest absolute Gasteiger partial charge is 0.244 e. The Morgan fingerprint density at radius 3 is 2.05 bits per heavy atom. The quantitative estimate of drug-likeness (QED) is 0.766. The molecule has 9 heteroatoms. The third-order valence-electron chi connectivity index (χ3n) is 3.29. The number of nitrogens with zero attached hydrogens (tertiary/aromatic N) is 3. The van der Waals surface area contributed by atoms with Crippen molar-refractivity contribution in [2.45, 2.75) is 4.90 Å². The summed E-state index contributed by atoms with van der Waals surface area (Å²) in [6, 6.07) is 7.84. The molecule has 0 radical (unpaired) electrons. The second-order valence-corrected chi connectivity index (χ2v) is 8.56. The monoisotopic (exact) mass is 329 g/mol. The van der Waals surface area contributed by atoms with Gasteiger partial charge >= 0.3 is 0 Å². The predicted molar refractivity (Wildman–Crippen MR) is 76.3 cm³/mol. The summed E-state index contributed by atoms with van der Waals surface area (Å²) in [4.78, 5) is -0.0414. The van der Waals surface area contributed by atoms with Gasteiger partial charge in [-0.25, -0.2) is 16.8 Å². The van der Waals surface area contributed by atoms with Crippen molar-refractivity contribution in [3.8, 4) is 6.07 Å². The van der Waals surface area contributed by atoms with Crippen LogP contribution in [-0.2, 0) is 20.0 Å². The minimum atomic E-state index is -3.78. The fourth-order valence-electron chi connectivity index (χ4n) is 2.16. The Morgan fingerprint density at radius 1 is 1.00 bits per heavy atom. The molecule has 1 heterocycles. The van der Waals surface area contributed by atoms with Crippen LogP contribution in [0.15, 0.2) is 29.2 Å². The van der Waals surface area contributed by atoms with Crippen molar-refractivity contribution in [2.24, 2.45) is 0 Å². The first-order valence-electron chi connectivity index (χ1n) is 6.21. The van der Waals surface area contributed by atoms with Crippen LogP contribution in [0.5, 0.6) is 0 Å². The Kier molecular flexibility index (Phi) is 4.34. The highest BCUT2D eigenvalue weighted by molar-refractivity contribution is 7.89. The zero-order valence-corrected chi connectivity index (χ0v) is 13.1. The Hall–Kier alpha value is -1.47. The van der Waals surface area contributed by atoms with Gasteiger partial charge in [-0.05, 0) is 12.1 Å². The van der Waals surface area contributed by atoms with Gasteiger partial charge in [0.15, 0.2) is 0 Å². The van der Waals surface area contributed by atoms with Gasteiger partial charge in [0.2, 0.25) is 20.0 Å². The molecule has 2 rings (SSSR count). The summed E-state index contributed by atoms with van der Waals surface area (Å²) in [5.74, 6) is 0. The molecule has 1 aromatic rings. The number of hydrogen-bond acceptors (Lipinski definition) is 5. The molecule has 0 N–H and O–H groups in total.